The van der Waals surface area contributed by atoms with E-state index in [1.807, 2.05) is 6.92 Å². The number of hydrogen-bond donors (Lipinski definition) is 2. The first kappa shape index (κ1) is 19.0. The Morgan fingerprint density at radius 1 is 1.28 bits per heavy atom. The van der Waals surface area contributed by atoms with Crippen molar-refractivity contribution in [1.29, 1.82) is 0 Å². The first-order valence-electron chi connectivity index (χ1n) is 8.00. The minimum absolute atomic E-state index is 0.177. The Morgan fingerprint density at radius 2 is 1.88 bits per heavy atom. The molecule has 1 heterocycles. The second-order valence-electron chi connectivity index (χ2n) is 6.07. The van der Waals surface area contributed by atoms with E-state index >= 15 is 0 Å². The molecule has 0 bridgehead atoms. The summed E-state index contributed by atoms with van der Waals surface area (Å²) < 4.78 is 29.3. The quantitative estimate of drug-likeness (QED) is 0.785. The van der Waals surface area contributed by atoms with Crippen LogP contribution in [0.2, 0.25) is 0 Å². The van der Waals surface area contributed by atoms with Gasteiger partial charge in [0.2, 0.25) is 0 Å². The van der Waals surface area contributed by atoms with E-state index in [1.54, 1.807) is 45.2 Å². The average Bonchev–Trinajstić information content (AvgIpc) is 2.79. The maximum atomic E-state index is 12.6. The second kappa shape index (κ2) is 7.26. The third kappa shape index (κ3) is 4.19. The Hall–Kier alpha value is -2.35. The van der Waals surface area contributed by atoms with Crippen molar-refractivity contribution >= 4 is 21.7 Å². The summed E-state index contributed by atoms with van der Waals surface area (Å²) in [6.07, 6.45) is 0.961. The molecule has 2 rings (SSSR count). The van der Waals surface area contributed by atoms with E-state index in [2.05, 4.69) is 9.82 Å². The molecular formula is C17H23N3O4S. The molecule has 0 aliphatic heterocycles. The Balaban J connectivity index is 2.19. The number of nitrogens with zero attached hydrogens (tertiary/aromatic N) is 2. The number of nitrogens with one attached hydrogen (secondary N) is 1. The molecule has 136 valence electrons. The Labute approximate surface area is 147 Å². The SMILES string of the molecule is CCC(Cc1ccc(NS(=O)(=O)c2c(C)nn(C)c2C)cc1)C(=O)O. The van der Waals surface area contributed by atoms with Crippen molar-refractivity contribution in [2.45, 2.75) is 38.5 Å². The van der Waals surface area contributed by atoms with Crippen molar-refractivity contribution in [3.05, 3.63) is 41.2 Å². The molecule has 0 aliphatic rings. The van der Waals surface area contributed by atoms with E-state index in [9.17, 15) is 13.2 Å². The van der Waals surface area contributed by atoms with Gasteiger partial charge in [-0.05, 0) is 44.4 Å². The van der Waals surface area contributed by atoms with E-state index in [1.165, 1.54) is 4.68 Å². The normalized spacial score (nSPS) is 12.8. The van der Waals surface area contributed by atoms with Gasteiger partial charge in [-0.25, -0.2) is 8.42 Å². The fourth-order valence-electron chi connectivity index (χ4n) is 2.75. The predicted octanol–water partition coefficient (Wildman–Crippen LogP) is 2.49. The smallest absolute Gasteiger partial charge is 0.306 e. The minimum Gasteiger partial charge on any atom is -0.481 e. The average molecular weight is 365 g/mol. The molecule has 0 saturated heterocycles. The fraction of sp³-hybridized carbons (Fsp3) is 0.412. The molecule has 2 N–H and O–H groups in total. The molecule has 1 unspecified atom stereocenters. The number of aliphatic carboxylic acids is 1. The van der Waals surface area contributed by atoms with Gasteiger partial charge in [-0.1, -0.05) is 19.1 Å². The van der Waals surface area contributed by atoms with Crippen LogP contribution in [0.3, 0.4) is 0 Å². The molecule has 0 spiro atoms. The van der Waals surface area contributed by atoms with Crippen molar-refractivity contribution in [1.82, 2.24) is 9.78 Å². The van der Waals surface area contributed by atoms with Crippen LogP contribution in [0.4, 0.5) is 5.69 Å². The summed E-state index contributed by atoms with van der Waals surface area (Å²) in [6, 6.07) is 6.77. The number of carboxylic acids is 1. The number of benzene rings is 1. The van der Waals surface area contributed by atoms with E-state index in [-0.39, 0.29) is 4.90 Å². The number of aryl methyl sites for hydroxylation is 2. The Kier molecular flexibility index (Phi) is 5.52. The molecular weight excluding hydrogens is 342 g/mol. The number of sulfonamides is 1. The predicted molar refractivity (Wildman–Crippen MR) is 95.1 cm³/mol. The molecule has 1 aromatic carbocycles. The Morgan fingerprint density at radius 3 is 2.32 bits per heavy atom. The lowest BCUT2D eigenvalue weighted by molar-refractivity contribution is -0.141. The van der Waals surface area contributed by atoms with Gasteiger partial charge >= 0.3 is 5.97 Å². The number of aromatic nitrogens is 2. The van der Waals surface area contributed by atoms with Crippen molar-refractivity contribution < 1.29 is 18.3 Å². The molecule has 0 fully saturated rings. The van der Waals surface area contributed by atoms with Gasteiger partial charge in [0, 0.05) is 12.7 Å². The number of rotatable bonds is 7. The molecule has 25 heavy (non-hydrogen) atoms. The summed E-state index contributed by atoms with van der Waals surface area (Å²) in [4.78, 5) is 11.3. The summed E-state index contributed by atoms with van der Waals surface area (Å²) in [5.41, 5.74) is 2.28. The largest absolute Gasteiger partial charge is 0.481 e. The van der Waals surface area contributed by atoms with E-state index in [0.717, 1.165) is 5.56 Å². The summed E-state index contributed by atoms with van der Waals surface area (Å²) in [7, 11) is -2.04. The monoisotopic (exact) mass is 365 g/mol. The molecule has 0 aliphatic carbocycles. The number of carboxylic acid groups (broad SMARTS) is 1. The van der Waals surface area contributed by atoms with Crippen LogP contribution in [-0.2, 0) is 28.3 Å². The topological polar surface area (TPSA) is 101 Å². The van der Waals surface area contributed by atoms with Gasteiger partial charge in [0.1, 0.15) is 4.90 Å². The van der Waals surface area contributed by atoms with Crippen LogP contribution in [0, 0.1) is 19.8 Å². The fourth-order valence-corrected chi connectivity index (χ4v) is 4.25. The maximum Gasteiger partial charge on any atom is 0.306 e. The molecule has 8 heteroatoms. The van der Waals surface area contributed by atoms with Gasteiger partial charge in [-0.3, -0.25) is 14.2 Å². The van der Waals surface area contributed by atoms with Gasteiger partial charge in [0.05, 0.1) is 17.3 Å². The number of carbonyl (C=O) groups is 1. The molecule has 1 atom stereocenters. The molecule has 7 nitrogen and oxygen atoms in total. The van der Waals surface area contributed by atoms with Gasteiger partial charge in [0.25, 0.3) is 10.0 Å². The summed E-state index contributed by atoms with van der Waals surface area (Å²) in [5, 5.41) is 13.3. The van der Waals surface area contributed by atoms with Crippen molar-refractivity contribution in [3.8, 4) is 0 Å². The first-order valence-corrected chi connectivity index (χ1v) is 9.48. The summed E-state index contributed by atoms with van der Waals surface area (Å²) in [6.45, 7) is 5.19. The molecule has 0 radical (unpaired) electrons. The van der Waals surface area contributed by atoms with Crippen LogP contribution in [0.1, 0.15) is 30.3 Å². The van der Waals surface area contributed by atoms with Crippen LogP contribution in [-0.4, -0.2) is 29.3 Å². The lowest BCUT2D eigenvalue weighted by atomic mass is 9.97. The summed E-state index contributed by atoms with van der Waals surface area (Å²) >= 11 is 0. The van der Waals surface area contributed by atoms with Crippen LogP contribution < -0.4 is 4.72 Å². The van der Waals surface area contributed by atoms with Gasteiger partial charge in [0.15, 0.2) is 0 Å². The van der Waals surface area contributed by atoms with Gasteiger partial charge in [-0.15, -0.1) is 0 Å². The third-order valence-electron chi connectivity index (χ3n) is 4.24. The lowest BCUT2D eigenvalue weighted by Gasteiger charge is -2.11. The van der Waals surface area contributed by atoms with Crippen molar-refractivity contribution in [3.63, 3.8) is 0 Å². The van der Waals surface area contributed by atoms with Crippen molar-refractivity contribution in [2.24, 2.45) is 13.0 Å². The second-order valence-corrected chi connectivity index (χ2v) is 7.69. The number of anilines is 1. The van der Waals surface area contributed by atoms with E-state index in [4.69, 9.17) is 5.11 Å². The summed E-state index contributed by atoms with van der Waals surface area (Å²) in [5.74, 6) is -1.27. The standard InChI is InChI=1S/C17H23N3O4S/c1-5-14(17(21)22)10-13-6-8-15(9-7-13)19-25(23,24)16-11(2)18-20(4)12(16)3/h6-9,14,19H,5,10H2,1-4H3,(H,21,22). The first-order chi connectivity index (χ1) is 11.7. The van der Waals surface area contributed by atoms with Crippen LogP contribution >= 0.6 is 0 Å². The van der Waals surface area contributed by atoms with Crippen LogP contribution in [0.15, 0.2) is 29.2 Å². The van der Waals surface area contributed by atoms with Crippen LogP contribution in [0.25, 0.3) is 0 Å². The zero-order valence-corrected chi connectivity index (χ0v) is 15.6. The van der Waals surface area contributed by atoms with Crippen molar-refractivity contribution in [2.75, 3.05) is 4.72 Å². The highest BCUT2D eigenvalue weighted by atomic mass is 32.2. The molecule has 2 aromatic rings. The molecule has 0 saturated carbocycles. The maximum absolute atomic E-state index is 12.6. The van der Waals surface area contributed by atoms with Gasteiger partial charge < -0.3 is 5.11 Å². The zero-order chi connectivity index (χ0) is 18.8. The zero-order valence-electron chi connectivity index (χ0n) is 14.8. The minimum atomic E-state index is -3.74. The molecule has 1 aromatic heterocycles. The van der Waals surface area contributed by atoms with Gasteiger partial charge in [-0.2, -0.15) is 5.10 Å². The Bertz CT molecular complexity index is 870. The van der Waals surface area contributed by atoms with E-state index in [0.29, 0.717) is 29.9 Å². The molecule has 0 amide bonds. The van der Waals surface area contributed by atoms with Crippen LogP contribution in [0.5, 0.6) is 0 Å². The highest BCUT2D eigenvalue weighted by molar-refractivity contribution is 7.92. The van der Waals surface area contributed by atoms with E-state index < -0.39 is 21.9 Å². The highest BCUT2D eigenvalue weighted by Gasteiger charge is 2.24. The number of hydrogen-bond acceptors (Lipinski definition) is 4. The lowest BCUT2D eigenvalue weighted by Crippen LogP contribution is -2.16. The third-order valence-corrected chi connectivity index (χ3v) is 5.87. The highest BCUT2D eigenvalue weighted by Crippen LogP contribution is 2.23.